The molecule has 1 aromatic heterocycles. The highest BCUT2D eigenvalue weighted by Gasteiger charge is 2.25. The lowest BCUT2D eigenvalue weighted by molar-refractivity contribution is -0.117. The summed E-state index contributed by atoms with van der Waals surface area (Å²) in [7, 11) is 0. The van der Waals surface area contributed by atoms with Gasteiger partial charge in [-0.2, -0.15) is 0 Å². The molecule has 132 valence electrons. The number of cyclic esters (lactones) is 1. The van der Waals surface area contributed by atoms with Crippen LogP contribution in [0.15, 0.2) is 28.7 Å². The van der Waals surface area contributed by atoms with Crippen LogP contribution in [0.2, 0.25) is 0 Å². The van der Waals surface area contributed by atoms with Crippen molar-refractivity contribution in [1.29, 1.82) is 0 Å². The molecule has 2 aromatic rings. The number of anilines is 2. The molecule has 0 aliphatic carbocycles. The third-order valence-electron chi connectivity index (χ3n) is 4.22. The molecular weight excluding hydrogens is 327 g/mol. The molecule has 7 heteroatoms. The van der Waals surface area contributed by atoms with E-state index in [1.807, 2.05) is 0 Å². The molecule has 0 saturated carbocycles. The van der Waals surface area contributed by atoms with Crippen molar-refractivity contribution in [2.75, 3.05) is 23.4 Å². The second-order valence-electron chi connectivity index (χ2n) is 6.01. The summed E-state index contributed by atoms with van der Waals surface area (Å²) in [6.07, 6.45) is -0.484. The van der Waals surface area contributed by atoms with Gasteiger partial charge in [-0.25, -0.2) is 9.18 Å². The summed E-state index contributed by atoms with van der Waals surface area (Å²) in [4.78, 5) is 25.5. The Bertz CT molecular complexity index is 830. The zero-order chi connectivity index (χ0) is 18.1. The molecule has 1 aliphatic heterocycles. The normalized spacial score (nSPS) is 15.2. The minimum absolute atomic E-state index is 0.0203. The number of furan rings is 1. The fraction of sp³-hybridized carbons (Fsp3) is 0.333. The molecule has 0 radical (unpaired) electrons. The van der Waals surface area contributed by atoms with Crippen LogP contribution in [0.4, 0.5) is 20.6 Å². The van der Waals surface area contributed by atoms with Crippen LogP contribution in [0.1, 0.15) is 29.9 Å². The molecule has 0 bridgehead atoms. The summed E-state index contributed by atoms with van der Waals surface area (Å²) in [5.74, 6) is -0.0553. The van der Waals surface area contributed by atoms with Gasteiger partial charge in [0.1, 0.15) is 23.9 Å². The summed E-state index contributed by atoms with van der Waals surface area (Å²) in [5, 5.41) is 2.59. The second kappa shape index (κ2) is 6.58. The Balaban J connectivity index is 1.81. The Kier molecular flexibility index (Phi) is 4.48. The molecule has 0 spiro atoms. The van der Waals surface area contributed by atoms with E-state index in [1.165, 1.54) is 23.1 Å². The summed E-state index contributed by atoms with van der Waals surface area (Å²) in [6.45, 7) is 5.99. The van der Waals surface area contributed by atoms with Crippen molar-refractivity contribution in [3.05, 3.63) is 47.2 Å². The van der Waals surface area contributed by atoms with Crippen molar-refractivity contribution in [3.8, 4) is 0 Å². The summed E-state index contributed by atoms with van der Waals surface area (Å²) in [5.41, 5.74) is 1.25. The first-order chi connectivity index (χ1) is 11.9. The van der Waals surface area contributed by atoms with Gasteiger partial charge in [0.25, 0.3) is 0 Å². The summed E-state index contributed by atoms with van der Waals surface area (Å²) in [6, 6.07) is 5.92. The van der Waals surface area contributed by atoms with E-state index in [0.29, 0.717) is 23.8 Å². The topological polar surface area (TPSA) is 71.8 Å². The Morgan fingerprint density at radius 2 is 2.08 bits per heavy atom. The van der Waals surface area contributed by atoms with E-state index in [-0.39, 0.29) is 18.2 Å². The van der Waals surface area contributed by atoms with Crippen LogP contribution in [-0.2, 0) is 9.53 Å². The maximum absolute atomic E-state index is 14.1. The van der Waals surface area contributed by atoms with Gasteiger partial charge in [-0.3, -0.25) is 9.69 Å². The molecule has 1 saturated heterocycles. The number of hydrogen-bond acceptors (Lipinski definition) is 4. The minimum Gasteiger partial charge on any atom is -0.466 e. The van der Waals surface area contributed by atoms with Crippen LogP contribution in [0.25, 0.3) is 0 Å². The van der Waals surface area contributed by atoms with E-state index in [0.717, 1.165) is 5.56 Å². The molecule has 1 aliphatic rings. The van der Waals surface area contributed by atoms with Crippen molar-refractivity contribution in [1.82, 2.24) is 0 Å². The number of halogens is 1. The van der Waals surface area contributed by atoms with E-state index in [2.05, 4.69) is 5.32 Å². The first-order valence-electron chi connectivity index (χ1n) is 7.98. The van der Waals surface area contributed by atoms with E-state index >= 15 is 0 Å². The lowest BCUT2D eigenvalue weighted by Gasteiger charge is -2.16. The molecule has 1 fully saturated rings. The smallest absolute Gasteiger partial charge is 0.414 e. The number of carbonyl (C=O) groups excluding carboxylic acids is 2. The number of rotatable bonds is 4. The van der Waals surface area contributed by atoms with Crippen molar-refractivity contribution in [3.63, 3.8) is 0 Å². The predicted molar refractivity (Wildman–Crippen MR) is 90.3 cm³/mol. The minimum atomic E-state index is -0.572. The Hall–Kier alpha value is -2.83. The molecule has 1 atom stereocenters. The van der Waals surface area contributed by atoms with E-state index in [1.54, 1.807) is 26.8 Å². The molecule has 1 N–H and O–H groups in total. The zero-order valence-corrected chi connectivity index (χ0v) is 14.3. The van der Waals surface area contributed by atoms with Crippen LogP contribution >= 0.6 is 0 Å². The third kappa shape index (κ3) is 3.35. The lowest BCUT2D eigenvalue weighted by Crippen LogP contribution is -2.24. The van der Waals surface area contributed by atoms with Crippen LogP contribution in [0.5, 0.6) is 0 Å². The van der Waals surface area contributed by atoms with E-state index in [9.17, 15) is 14.0 Å². The Labute approximate surface area is 144 Å². The highest BCUT2D eigenvalue weighted by Crippen LogP contribution is 2.28. The molecule has 2 heterocycles. The maximum atomic E-state index is 14.1. The summed E-state index contributed by atoms with van der Waals surface area (Å²) < 4.78 is 24.4. The fourth-order valence-electron chi connectivity index (χ4n) is 2.87. The first kappa shape index (κ1) is 17.0. The fourth-order valence-corrected chi connectivity index (χ4v) is 2.87. The quantitative estimate of drug-likeness (QED) is 0.915. The van der Waals surface area contributed by atoms with Gasteiger partial charge < -0.3 is 14.5 Å². The average Bonchev–Trinajstić information content (AvgIpc) is 3.13. The zero-order valence-electron chi connectivity index (χ0n) is 14.3. The largest absolute Gasteiger partial charge is 0.466 e. The Morgan fingerprint density at radius 3 is 2.68 bits per heavy atom. The molecule has 1 unspecified atom stereocenters. The van der Waals surface area contributed by atoms with Crippen LogP contribution < -0.4 is 10.2 Å². The SMILES string of the molecule is Cc1cc(C(C)C(=O)Nc2cc(N3CCOC3=O)ccc2F)c(C)o1. The van der Waals surface area contributed by atoms with Crippen LogP contribution in [0, 0.1) is 19.7 Å². The standard InChI is InChI=1S/C18H19FN2O4/c1-10-8-14(12(3)25-10)11(2)17(22)20-16-9-13(4-5-15(16)19)21-6-7-24-18(21)23/h4-5,8-9,11H,6-7H2,1-3H3,(H,20,22). The van der Waals surface area contributed by atoms with Crippen molar-refractivity contribution >= 4 is 23.4 Å². The molecule has 1 aromatic carbocycles. The third-order valence-corrected chi connectivity index (χ3v) is 4.22. The molecular formula is C18H19FN2O4. The van der Waals surface area contributed by atoms with Gasteiger partial charge in [0.05, 0.1) is 18.2 Å². The molecule has 6 nitrogen and oxygen atoms in total. The van der Waals surface area contributed by atoms with Gasteiger partial charge in [-0.05, 0) is 45.0 Å². The number of carbonyl (C=O) groups is 2. The maximum Gasteiger partial charge on any atom is 0.414 e. The number of nitrogens with zero attached hydrogens (tertiary/aromatic N) is 1. The van der Waals surface area contributed by atoms with Gasteiger partial charge in [-0.1, -0.05) is 0 Å². The molecule has 2 amide bonds. The number of ether oxygens (including phenoxy) is 1. The van der Waals surface area contributed by atoms with Crippen molar-refractivity contribution in [2.45, 2.75) is 26.7 Å². The summed E-state index contributed by atoms with van der Waals surface area (Å²) >= 11 is 0. The number of amides is 2. The van der Waals surface area contributed by atoms with Gasteiger partial charge >= 0.3 is 6.09 Å². The Morgan fingerprint density at radius 1 is 1.32 bits per heavy atom. The monoisotopic (exact) mass is 346 g/mol. The predicted octanol–water partition coefficient (Wildman–Crippen LogP) is 3.73. The average molecular weight is 346 g/mol. The number of benzene rings is 1. The number of hydrogen-bond donors (Lipinski definition) is 1. The van der Waals surface area contributed by atoms with Gasteiger partial charge in [-0.15, -0.1) is 0 Å². The van der Waals surface area contributed by atoms with Crippen LogP contribution in [-0.4, -0.2) is 25.2 Å². The van der Waals surface area contributed by atoms with Crippen molar-refractivity contribution in [2.24, 2.45) is 0 Å². The van der Waals surface area contributed by atoms with E-state index in [4.69, 9.17) is 9.15 Å². The van der Waals surface area contributed by atoms with Gasteiger partial charge in [0.15, 0.2) is 0 Å². The number of aryl methyl sites for hydroxylation is 2. The van der Waals surface area contributed by atoms with Crippen LogP contribution in [0.3, 0.4) is 0 Å². The van der Waals surface area contributed by atoms with E-state index < -0.39 is 17.8 Å². The van der Waals surface area contributed by atoms with Gasteiger partial charge in [0.2, 0.25) is 5.91 Å². The van der Waals surface area contributed by atoms with Gasteiger partial charge in [0, 0.05) is 11.3 Å². The molecule has 25 heavy (non-hydrogen) atoms. The molecule has 3 rings (SSSR count). The highest BCUT2D eigenvalue weighted by molar-refractivity contribution is 5.97. The van der Waals surface area contributed by atoms with Crippen molar-refractivity contribution < 1.29 is 23.1 Å². The second-order valence-corrected chi connectivity index (χ2v) is 6.01. The lowest BCUT2D eigenvalue weighted by atomic mass is 10.0. The number of nitrogens with one attached hydrogen (secondary N) is 1. The first-order valence-corrected chi connectivity index (χ1v) is 7.98. The highest BCUT2D eigenvalue weighted by atomic mass is 19.1.